The lowest BCUT2D eigenvalue weighted by atomic mass is 10.2. The number of aliphatic hydroxyl groups is 1. The first kappa shape index (κ1) is 14.6. The van der Waals surface area contributed by atoms with Crippen molar-refractivity contribution < 1.29 is 9.90 Å². The molecule has 20 heavy (non-hydrogen) atoms. The van der Waals surface area contributed by atoms with Crippen LogP contribution in [0.2, 0.25) is 5.02 Å². The van der Waals surface area contributed by atoms with Gasteiger partial charge in [-0.05, 0) is 24.1 Å². The third kappa shape index (κ3) is 3.82. The number of pyridine rings is 1. The molecule has 0 atom stereocenters. The molecule has 0 aromatic carbocycles. The third-order valence-electron chi connectivity index (χ3n) is 2.85. The maximum atomic E-state index is 12.4. The number of nitrogens with one attached hydrogen (secondary N) is 1. The number of carbonyl (C=O) groups is 1. The summed E-state index contributed by atoms with van der Waals surface area (Å²) in [6.07, 6.45) is 5.51. The molecule has 0 saturated heterocycles. The van der Waals surface area contributed by atoms with Crippen molar-refractivity contribution in [3.8, 4) is 0 Å². The number of rotatable bonds is 6. The molecule has 2 heterocycles. The van der Waals surface area contributed by atoms with Crippen LogP contribution < -0.4 is 0 Å². The zero-order valence-electron chi connectivity index (χ0n) is 10.9. The molecule has 0 aliphatic rings. The molecular formula is C14H16ClN3O2. The summed E-state index contributed by atoms with van der Waals surface area (Å²) in [4.78, 5) is 20.9. The lowest BCUT2D eigenvalue weighted by molar-refractivity contribution is 0.0726. The molecule has 0 aliphatic carbocycles. The number of aromatic nitrogens is 2. The largest absolute Gasteiger partial charge is 0.396 e. The van der Waals surface area contributed by atoms with Gasteiger partial charge in [0.1, 0.15) is 5.69 Å². The Morgan fingerprint density at radius 3 is 2.95 bits per heavy atom. The molecule has 106 valence electrons. The van der Waals surface area contributed by atoms with Gasteiger partial charge in [-0.1, -0.05) is 17.7 Å². The van der Waals surface area contributed by atoms with Crippen LogP contribution in [0.5, 0.6) is 0 Å². The van der Waals surface area contributed by atoms with Gasteiger partial charge in [0.15, 0.2) is 0 Å². The molecule has 2 aromatic heterocycles. The van der Waals surface area contributed by atoms with Crippen LogP contribution in [0.25, 0.3) is 0 Å². The Morgan fingerprint density at radius 1 is 1.50 bits per heavy atom. The summed E-state index contributed by atoms with van der Waals surface area (Å²) in [5.41, 5.74) is 1.38. The lowest BCUT2D eigenvalue weighted by Crippen LogP contribution is -2.32. The highest BCUT2D eigenvalue weighted by Gasteiger charge is 2.17. The van der Waals surface area contributed by atoms with Crippen LogP contribution in [0.1, 0.15) is 22.5 Å². The van der Waals surface area contributed by atoms with Crippen molar-refractivity contribution in [1.29, 1.82) is 0 Å². The average molecular weight is 294 g/mol. The van der Waals surface area contributed by atoms with Gasteiger partial charge >= 0.3 is 0 Å². The van der Waals surface area contributed by atoms with Crippen LogP contribution in [-0.4, -0.2) is 39.0 Å². The Bertz CT molecular complexity index is 557. The molecule has 6 heteroatoms. The van der Waals surface area contributed by atoms with E-state index in [4.69, 9.17) is 16.7 Å². The highest BCUT2D eigenvalue weighted by Crippen LogP contribution is 2.13. The summed E-state index contributed by atoms with van der Waals surface area (Å²) < 4.78 is 0. The molecule has 0 saturated carbocycles. The Kier molecular flexibility index (Phi) is 5.15. The summed E-state index contributed by atoms with van der Waals surface area (Å²) >= 11 is 5.82. The molecule has 0 unspecified atom stereocenters. The number of H-pyrrole nitrogens is 1. The third-order valence-corrected chi connectivity index (χ3v) is 3.07. The SMILES string of the molecule is O=C(c1cc(Cl)c[nH]1)N(CCCO)Cc1cccnc1. The number of nitrogens with zero attached hydrogens (tertiary/aromatic N) is 2. The Morgan fingerprint density at radius 2 is 2.35 bits per heavy atom. The highest BCUT2D eigenvalue weighted by atomic mass is 35.5. The van der Waals surface area contributed by atoms with E-state index < -0.39 is 0 Å². The maximum Gasteiger partial charge on any atom is 0.270 e. The van der Waals surface area contributed by atoms with E-state index in [0.717, 1.165) is 5.56 Å². The summed E-state index contributed by atoms with van der Waals surface area (Å²) in [6.45, 7) is 0.965. The summed E-state index contributed by atoms with van der Waals surface area (Å²) in [7, 11) is 0. The van der Waals surface area contributed by atoms with Crippen LogP contribution >= 0.6 is 11.6 Å². The van der Waals surface area contributed by atoms with E-state index in [9.17, 15) is 4.79 Å². The van der Waals surface area contributed by atoms with E-state index >= 15 is 0 Å². The Labute approximate surface area is 122 Å². The van der Waals surface area contributed by atoms with Gasteiger partial charge in [0.25, 0.3) is 5.91 Å². The van der Waals surface area contributed by atoms with Gasteiger partial charge in [-0.15, -0.1) is 0 Å². The second kappa shape index (κ2) is 7.07. The first-order valence-electron chi connectivity index (χ1n) is 6.33. The second-order valence-electron chi connectivity index (χ2n) is 4.40. The number of hydrogen-bond donors (Lipinski definition) is 2. The van der Waals surface area contributed by atoms with E-state index in [1.807, 2.05) is 12.1 Å². The van der Waals surface area contributed by atoms with Crippen LogP contribution in [-0.2, 0) is 6.54 Å². The lowest BCUT2D eigenvalue weighted by Gasteiger charge is -2.21. The van der Waals surface area contributed by atoms with Crippen molar-refractivity contribution in [2.24, 2.45) is 0 Å². The standard InChI is InChI=1S/C14H16ClN3O2/c15-12-7-13(17-9-12)14(20)18(5-2-6-19)10-11-3-1-4-16-8-11/h1,3-4,7-9,17,19H,2,5-6,10H2. The van der Waals surface area contributed by atoms with Crippen LogP contribution in [0.15, 0.2) is 36.8 Å². The fraction of sp³-hybridized carbons (Fsp3) is 0.286. The van der Waals surface area contributed by atoms with E-state index in [1.54, 1.807) is 29.6 Å². The van der Waals surface area contributed by atoms with Gasteiger partial charge in [-0.25, -0.2) is 0 Å². The number of hydrogen-bond acceptors (Lipinski definition) is 3. The number of carbonyl (C=O) groups excluding carboxylic acids is 1. The number of halogens is 1. The fourth-order valence-corrected chi connectivity index (χ4v) is 2.05. The van der Waals surface area contributed by atoms with Crippen LogP contribution in [0.3, 0.4) is 0 Å². The van der Waals surface area contributed by atoms with Crippen LogP contribution in [0.4, 0.5) is 0 Å². The van der Waals surface area contributed by atoms with Gasteiger partial charge in [0.05, 0.1) is 5.02 Å². The molecule has 5 nitrogen and oxygen atoms in total. The normalized spacial score (nSPS) is 10.5. The van der Waals surface area contributed by atoms with Crippen molar-refractivity contribution >= 4 is 17.5 Å². The van der Waals surface area contributed by atoms with E-state index in [0.29, 0.717) is 30.2 Å². The minimum atomic E-state index is -0.144. The molecule has 0 aliphatic heterocycles. The predicted molar refractivity (Wildman–Crippen MR) is 76.5 cm³/mol. The molecule has 2 rings (SSSR count). The van der Waals surface area contributed by atoms with Gasteiger partial charge in [-0.3, -0.25) is 9.78 Å². The number of amides is 1. The fourth-order valence-electron chi connectivity index (χ4n) is 1.89. The number of aromatic amines is 1. The van der Waals surface area contributed by atoms with Crippen molar-refractivity contribution in [3.05, 3.63) is 53.1 Å². The summed E-state index contributed by atoms with van der Waals surface area (Å²) in [6, 6.07) is 5.34. The van der Waals surface area contributed by atoms with Crippen molar-refractivity contribution in [2.45, 2.75) is 13.0 Å². The Balaban J connectivity index is 2.12. The second-order valence-corrected chi connectivity index (χ2v) is 4.83. The zero-order chi connectivity index (χ0) is 14.4. The first-order valence-corrected chi connectivity index (χ1v) is 6.71. The molecule has 1 amide bonds. The topological polar surface area (TPSA) is 69.2 Å². The highest BCUT2D eigenvalue weighted by molar-refractivity contribution is 6.30. The van der Waals surface area contributed by atoms with Gasteiger partial charge in [-0.2, -0.15) is 0 Å². The molecule has 0 fully saturated rings. The molecule has 0 radical (unpaired) electrons. The van der Waals surface area contributed by atoms with Gasteiger partial charge < -0.3 is 15.0 Å². The van der Waals surface area contributed by atoms with E-state index in [2.05, 4.69) is 9.97 Å². The van der Waals surface area contributed by atoms with Crippen molar-refractivity contribution in [3.63, 3.8) is 0 Å². The van der Waals surface area contributed by atoms with Gasteiger partial charge in [0, 0.05) is 38.3 Å². The monoisotopic (exact) mass is 293 g/mol. The molecule has 0 spiro atoms. The van der Waals surface area contributed by atoms with E-state index in [1.165, 1.54) is 0 Å². The van der Waals surface area contributed by atoms with Crippen LogP contribution in [0, 0.1) is 0 Å². The Hall–Kier alpha value is -1.85. The van der Waals surface area contributed by atoms with Gasteiger partial charge in [0.2, 0.25) is 0 Å². The zero-order valence-corrected chi connectivity index (χ0v) is 11.7. The molecule has 2 aromatic rings. The van der Waals surface area contributed by atoms with Crippen molar-refractivity contribution in [1.82, 2.24) is 14.9 Å². The molecule has 2 N–H and O–H groups in total. The summed E-state index contributed by atoms with van der Waals surface area (Å²) in [5, 5.41) is 9.46. The minimum Gasteiger partial charge on any atom is -0.396 e. The van der Waals surface area contributed by atoms with E-state index in [-0.39, 0.29) is 12.5 Å². The molecular weight excluding hydrogens is 278 g/mol. The summed E-state index contributed by atoms with van der Waals surface area (Å²) in [5.74, 6) is -0.144. The van der Waals surface area contributed by atoms with Crippen molar-refractivity contribution in [2.75, 3.05) is 13.2 Å². The quantitative estimate of drug-likeness (QED) is 0.857. The minimum absolute atomic E-state index is 0.0440. The first-order chi connectivity index (χ1) is 9.70. The number of aliphatic hydroxyl groups excluding tert-OH is 1. The maximum absolute atomic E-state index is 12.4. The smallest absolute Gasteiger partial charge is 0.270 e. The predicted octanol–water partition coefficient (Wildman–Crippen LogP) is 2.09. The molecule has 0 bridgehead atoms. The average Bonchev–Trinajstić information content (AvgIpc) is 2.90.